The van der Waals surface area contributed by atoms with E-state index < -0.39 is 29.2 Å². The summed E-state index contributed by atoms with van der Waals surface area (Å²) in [5.41, 5.74) is 21.8. The summed E-state index contributed by atoms with van der Waals surface area (Å²) in [6.45, 7) is 14.7. The van der Waals surface area contributed by atoms with Gasteiger partial charge >= 0.3 is 29.8 Å². The Morgan fingerprint density at radius 3 is 1.62 bits per heavy atom. The summed E-state index contributed by atoms with van der Waals surface area (Å²) in [6, 6.07) is 23.7. The third-order valence-corrected chi connectivity index (χ3v) is 10.8. The minimum absolute atomic E-state index is 0.0163. The number of carboxylic acids is 1. The molecule has 0 bridgehead atoms. The quantitative estimate of drug-likeness (QED) is 0.0549. The van der Waals surface area contributed by atoms with Crippen LogP contribution in [0.4, 0.5) is 10.6 Å². The molecule has 5 heterocycles. The molecular weight excluding hydrogens is 1050 g/mol. The van der Waals surface area contributed by atoms with Crippen LogP contribution in [0.5, 0.6) is 0 Å². The van der Waals surface area contributed by atoms with E-state index in [0.29, 0.717) is 39.7 Å². The van der Waals surface area contributed by atoms with Gasteiger partial charge in [0.1, 0.15) is 17.0 Å². The fraction of sp³-hybridized carbons (Fsp3) is 0.278. The molecular formula is C54H58Cl3N11O9. The number of benzene rings is 3. The highest BCUT2D eigenvalue weighted by Crippen LogP contribution is 2.22. The first-order chi connectivity index (χ1) is 36.2. The number of hydrogen-bond acceptors (Lipinski definition) is 16. The van der Waals surface area contributed by atoms with Crippen LogP contribution in [0.15, 0.2) is 102 Å². The van der Waals surface area contributed by atoms with Gasteiger partial charge in [0.05, 0.1) is 57.4 Å². The highest BCUT2D eigenvalue weighted by atomic mass is 35.5. The number of hydrazine groups is 1. The maximum atomic E-state index is 12.4. The molecule has 8 rings (SSSR count). The number of rotatable bonds is 10. The molecule has 0 atom stereocenters. The number of ether oxygens (including phenoxy) is 2. The van der Waals surface area contributed by atoms with Crippen molar-refractivity contribution in [1.29, 1.82) is 0 Å². The van der Waals surface area contributed by atoms with Gasteiger partial charge in [0.2, 0.25) is 11.8 Å². The Kier molecular flexibility index (Phi) is 21.1. The molecule has 0 saturated carbocycles. The van der Waals surface area contributed by atoms with Gasteiger partial charge in [-0.2, -0.15) is 0 Å². The first-order valence-electron chi connectivity index (χ1n) is 23.6. The molecule has 0 radical (unpaired) electrons. The second-order valence-electron chi connectivity index (χ2n) is 19.0. The van der Waals surface area contributed by atoms with Crippen molar-refractivity contribution < 1.29 is 43.0 Å². The molecule has 5 aromatic heterocycles. The lowest BCUT2D eigenvalue weighted by atomic mass is 10.1. The number of pyridine rings is 4. The Morgan fingerprint density at radius 1 is 0.662 bits per heavy atom. The Bertz CT molecular complexity index is 3390. The second-order valence-corrected chi connectivity index (χ2v) is 20.4. The Hall–Kier alpha value is -8.04. The number of hydrogen-bond donors (Lipinski definition) is 6. The molecule has 0 unspecified atom stereocenters. The van der Waals surface area contributed by atoms with Crippen LogP contribution >= 0.6 is 34.8 Å². The first kappa shape index (κ1) is 59.8. The average Bonchev–Trinajstić information content (AvgIpc) is 3.80. The second kappa shape index (κ2) is 27.1. The molecule has 0 aliphatic carbocycles. The lowest BCUT2D eigenvalue weighted by Gasteiger charge is -2.19. The molecule has 23 heteroatoms. The van der Waals surface area contributed by atoms with Gasteiger partial charge in [-0.3, -0.25) is 39.6 Å². The number of anilines is 1. The number of fused-ring (bicyclic) bond motifs is 3. The van der Waals surface area contributed by atoms with E-state index in [1.807, 2.05) is 50.2 Å². The molecule has 8 aromatic rings. The summed E-state index contributed by atoms with van der Waals surface area (Å²) >= 11 is 17.7. The maximum Gasteiger partial charge on any atom is 0.426 e. The van der Waals surface area contributed by atoms with E-state index >= 15 is 0 Å². The summed E-state index contributed by atoms with van der Waals surface area (Å²) in [5.74, 6) is -1.30. The molecule has 0 aliphatic heterocycles. The summed E-state index contributed by atoms with van der Waals surface area (Å²) in [7, 11) is 0. The number of carbonyl (C=O) groups is 5. The smallest absolute Gasteiger partial charge is 0.426 e. The van der Waals surface area contributed by atoms with Crippen LogP contribution in [-0.2, 0) is 49.7 Å². The van der Waals surface area contributed by atoms with E-state index in [9.17, 15) is 24.0 Å². The minimum atomic E-state index is -0.843. The standard InChI is InChI=1S/C21H19ClN6O2.C16H18ClN3O3.C11H8ClNO2.C6H13NO2/c1-11-5-18(23)26-12(2)16(11)10-25-20(29)21-28-27-19(30-21)7-13-3-4-17-14(6-13)8-15(22)9-24-17;1-16(2,3)23-15(22)20-19-14(21)7-10-4-5-13-11(6-10)8-12(17)9-18-13;12-9-5-8-3-7(4-11(14)15)1-2-10(8)13-6-9;1-6(2,3)9-5(8)4-7/h3-6,8-9H,7,10H2,1-2H3,(H2,23,26)(H,25,29);4-6,8-9H,7H2,1-3H3,(H,19,21)(H,20,22);1-3,5-6H,4H2,(H,14,15);4,7H2,1-3H3. The van der Waals surface area contributed by atoms with Crippen LogP contribution in [0.3, 0.4) is 0 Å². The number of nitrogens with one attached hydrogen (secondary N) is 3. The van der Waals surface area contributed by atoms with E-state index in [4.69, 9.17) is 65.3 Å². The van der Waals surface area contributed by atoms with E-state index in [-0.39, 0.29) is 37.2 Å². The molecule has 0 spiro atoms. The number of carbonyl (C=O) groups excluding carboxylic acids is 4. The molecule has 3 aromatic carbocycles. The van der Waals surface area contributed by atoms with Crippen LogP contribution in [0.25, 0.3) is 32.7 Å². The van der Waals surface area contributed by atoms with Crippen molar-refractivity contribution >= 4 is 103 Å². The van der Waals surface area contributed by atoms with Gasteiger partial charge < -0.3 is 35.8 Å². The largest absolute Gasteiger partial charge is 0.481 e. The monoisotopic (exact) mass is 1110 g/mol. The first-order valence-corrected chi connectivity index (χ1v) is 24.7. The van der Waals surface area contributed by atoms with Crippen LogP contribution in [-0.4, -0.2) is 82.8 Å². The number of nitrogen functional groups attached to an aromatic ring is 1. The number of nitrogens with two attached hydrogens (primary N) is 2. The SMILES string of the molecule is CC(C)(C)OC(=O)CN.CC(C)(C)OC(=O)NNC(=O)Cc1ccc2ncc(Cl)cc2c1.Cc1cc(N)nc(C)c1CNC(=O)c1nnc(Cc2ccc3ncc(Cl)cc3c2)o1.O=C(O)Cc1ccc2ncc(Cl)cc2c1. The van der Waals surface area contributed by atoms with Crippen molar-refractivity contribution in [3.63, 3.8) is 0 Å². The van der Waals surface area contributed by atoms with Crippen molar-refractivity contribution in [2.45, 2.75) is 92.4 Å². The van der Waals surface area contributed by atoms with E-state index in [1.165, 1.54) is 0 Å². The van der Waals surface area contributed by atoms with Crippen molar-refractivity contribution in [3.8, 4) is 0 Å². The van der Waals surface area contributed by atoms with E-state index in [2.05, 4.69) is 46.3 Å². The number of nitrogens with zero attached hydrogens (tertiary/aromatic N) is 6. The van der Waals surface area contributed by atoms with Gasteiger partial charge in [-0.05, 0) is 144 Å². The topological polar surface area (TPSA) is 303 Å². The van der Waals surface area contributed by atoms with Gasteiger partial charge in [0, 0.05) is 47.0 Å². The molecule has 0 saturated heterocycles. The number of aromatic nitrogens is 6. The van der Waals surface area contributed by atoms with Gasteiger partial charge in [0.15, 0.2) is 0 Å². The van der Waals surface area contributed by atoms with E-state index in [1.54, 1.807) is 103 Å². The molecule has 3 amide bonds. The fourth-order valence-corrected chi connectivity index (χ4v) is 7.49. The molecule has 0 fully saturated rings. The molecule has 20 nitrogen and oxygen atoms in total. The van der Waals surface area contributed by atoms with Crippen LogP contribution in [0.2, 0.25) is 15.1 Å². The summed E-state index contributed by atoms with van der Waals surface area (Å²) in [6.07, 6.45) is 4.56. The van der Waals surface area contributed by atoms with Crippen LogP contribution < -0.4 is 27.6 Å². The lowest BCUT2D eigenvalue weighted by molar-refractivity contribution is -0.153. The van der Waals surface area contributed by atoms with Gasteiger partial charge in [-0.15, -0.1) is 10.2 Å². The predicted octanol–water partition coefficient (Wildman–Crippen LogP) is 9.17. The number of halogens is 3. The highest BCUT2D eigenvalue weighted by molar-refractivity contribution is 6.31. The zero-order valence-electron chi connectivity index (χ0n) is 43.5. The number of carboxylic acid groups (broad SMARTS) is 1. The summed E-state index contributed by atoms with van der Waals surface area (Å²) in [5, 5.41) is 23.6. The van der Waals surface area contributed by atoms with Crippen LogP contribution in [0.1, 0.15) is 91.6 Å². The molecule has 77 heavy (non-hydrogen) atoms. The highest BCUT2D eigenvalue weighted by Gasteiger charge is 2.19. The molecule has 0 aliphatic rings. The third kappa shape index (κ3) is 20.2. The third-order valence-electron chi connectivity index (χ3n) is 10.2. The number of amides is 3. The normalized spacial score (nSPS) is 11.0. The summed E-state index contributed by atoms with van der Waals surface area (Å²) < 4.78 is 15.4. The predicted molar refractivity (Wildman–Crippen MR) is 294 cm³/mol. The maximum absolute atomic E-state index is 12.4. The Balaban J connectivity index is 0.000000206. The van der Waals surface area contributed by atoms with Gasteiger partial charge in [-0.1, -0.05) is 53.0 Å². The Morgan fingerprint density at radius 2 is 1.16 bits per heavy atom. The number of esters is 1. The van der Waals surface area contributed by atoms with Crippen molar-refractivity contribution in [1.82, 2.24) is 46.3 Å². The number of aliphatic carboxylic acids is 1. The van der Waals surface area contributed by atoms with Gasteiger partial charge in [-0.25, -0.2) is 15.2 Å². The average molecular weight is 1110 g/mol. The molecule has 404 valence electrons. The van der Waals surface area contributed by atoms with Crippen molar-refractivity contribution in [2.24, 2.45) is 5.73 Å². The number of aryl methyl sites for hydroxylation is 2. The van der Waals surface area contributed by atoms with Crippen molar-refractivity contribution in [3.05, 3.63) is 158 Å². The minimum Gasteiger partial charge on any atom is -0.481 e. The lowest BCUT2D eigenvalue weighted by Crippen LogP contribution is -2.44. The zero-order valence-corrected chi connectivity index (χ0v) is 45.7. The summed E-state index contributed by atoms with van der Waals surface area (Å²) in [4.78, 5) is 73.5. The van der Waals surface area contributed by atoms with Crippen molar-refractivity contribution in [2.75, 3.05) is 12.3 Å². The zero-order chi connectivity index (χ0) is 56.6. The van der Waals surface area contributed by atoms with Gasteiger partial charge in [0.25, 0.3) is 0 Å². The molecule has 8 N–H and O–H groups in total. The Labute approximate surface area is 458 Å². The van der Waals surface area contributed by atoms with E-state index in [0.717, 1.165) is 66.2 Å². The van der Waals surface area contributed by atoms with Crippen LogP contribution in [0, 0.1) is 13.8 Å². The fourth-order valence-electron chi connectivity index (χ4n) is 6.99.